The van der Waals surface area contributed by atoms with Gasteiger partial charge in [-0.2, -0.15) is 18.3 Å². The van der Waals surface area contributed by atoms with Crippen molar-refractivity contribution in [1.29, 1.82) is 0 Å². The van der Waals surface area contributed by atoms with Gasteiger partial charge in [-0.15, -0.1) is 0 Å². The molecule has 1 amide bonds. The third-order valence-electron chi connectivity index (χ3n) is 4.81. The predicted molar refractivity (Wildman–Crippen MR) is 120 cm³/mol. The van der Waals surface area contributed by atoms with E-state index in [1.165, 1.54) is 61.6 Å². The summed E-state index contributed by atoms with van der Waals surface area (Å²) in [6.45, 7) is 1.85. The summed E-state index contributed by atoms with van der Waals surface area (Å²) in [6, 6.07) is 16.9. The monoisotopic (exact) mass is 475 g/mol. The number of hydrogen-bond donors (Lipinski definition) is 1. The van der Waals surface area contributed by atoms with Crippen molar-refractivity contribution in [3.8, 4) is 0 Å². The first-order chi connectivity index (χ1) is 15.5. The van der Waals surface area contributed by atoms with E-state index in [0.717, 1.165) is 22.1 Å². The number of nitrogens with zero attached hydrogens (tertiary/aromatic N) is 2. The van der Waals surface area contributed by atoms with Crippen molar-refractivity contribution < 1.29 is 26.4 Å². The number of hydrogen-bond acceptors (Lipinski definition) is 4. The number of carbonyl (C=O) groups is 1. The molecule has 0 saturated heterocycles. The first kappa shape index (κ1) is 24.0. The second-order valence-electron chi connectivity index (χ2n) is 7.12. The molecule has 0 unspecified atom stereocenters. The van der Waals surface area contributed by atoms with Crippen LogP contribution in [0.1, 0.15) is 27.0 Å². The Morgan fingerprint density at radius 2 is 1.58 bits per heavy atom. The van der Waals surface area contributed by atoms with E-state index < -0.39 is 27.7 Å². The van der Waals surface area contributed by atoms with Crippen molar-refractivity contribution in [3.05, 3.63) is 95.1 Å². The minimum absolute atomic E-state index is 0.130. The summed E-state index contributed by atoms with van der Waals surface area (Å²) in [5.74, 6) is -0.661. The minimum atomic E-state index is -4.55. The normalized spacial score (nSPS) is 12.0. The van der Waals surface area contributed by atoms with Crippen molar-refractivity contribution in [2.24, 2.45) is 5.10 Å². The van der Waals surface area contributed by atoms with Gasteiger partial charge >= 0.3 is 6.18 Å². The first-order valence-corrected chi connectivity index (χ1v) is 11.1. The second kappa shape index (κ2) is 9.45. The molecule has 6 nitrogen and oxygen atoms in total. The lowest BCUT2D eigenvalue weighted by Crippen LogP contribution is -2.26. The average molecular weight is 475 g/mol. The van der Waals surface area contributed by atoms with Crippen LogP contribution in [0.2, 0.25) is 0 Å². The average Bonchev–Trinajstić information content (AvgIpc) is 2.78. The van der Waals surface area contributed by atoms with Crippen LogP contribution in [-0.2, 0) is 16.2 Å². The Labute approximate surface area is 189 Å². The fraction of sp³-hybridized carbons (Fsp3) is 0.130. The summed E-state index contributed by atoms with van der Waals surface area (Å²) in [5.41, 5.74) is 2.52. The van der Waals surface area contributed by atoms with Crippen LogP contribution >= 0.6 is 0 Å². The highest BCUT2D eigenvalue weighted by Gasteiger charge is 2.32. The Morgan fingerprint density at radius 3 is 2.18 bits per heavy atom. The van der Waals surface area contributed by atoms with Crippen LogP contribution in [0.3, 0.4) is 0 Å². The lowest BCUT2D eigenvalue weighted by Gasteiger charge is -2.19. The fourth-order valence-corrected chi connectivity index (χ4v) is 4.12. The van der Waals surface area contributed by atoms with Gasteiger partial charge in [-0.1, -0.05) is 35.9 Å². The smallest absolute Gasteiger partial charge is 0.269 e. The summed E-state index contributed by atoms with van der Waals surface area (Å²) in [7, 11) is -2.39. The molecule has 0 heterocycles. The van der Waals surface area contributed by atoms with Gasteiger partial charge in [0.2, 0.25) is 0 Å². The molecule has 0 aliphatic heterocycles. The summed E-state index contributed by atoms with van der Waals surface area (Å²) in [5, 5.41) is 3.60. The van der Waals surface area contributed by atoms with Crippen LogP contribution in [-0.4, -0.2) is 27.6 Å². The van der Waals surface area contributed by atoms with Crippen molar-refractivity contribution in [2.45, 2.75) is 18.0 Å². The van der Waals surface area contributed by atoms with E-state index in [-0.39, 0.29) is 16.0 Å². The lowest BCUT2D eigenvalue weighted by atomic mass is 10.1. The Hall–Kier alpha value is -3.66. The Morgan fingerprint density at radius 1 is 0.970 bits per heavy atom. The molecule has 0 aliphatic carbocycles. The van der Waals surface area contributed by atoms with E-state index in [4.69, 9.17) is 0 Å². The number of halogens is 3. The van der Waals surface area contributed by atoms with Gasteiger partial charge in [-0.3, -0.25) is 9.10 Å². The molecule has 3 aromatic carbocycles. The zero-order valence-corrected chi connectivity index (χ0v) is 18.5. The molecule has 0 spiro atoms. The maximum Gasteiger partial charge on any atom is 0.417 e. The molecular formula is C23H20F3N3O3S. The molecule has 0 aromatic heterocycles. The van der Waals surface area contributed by atoms with Gasteiger partial charge in [0.05, 0.1) is 22.4 Å². The Balaban J connectivity index is 1.71. The van der Waals surface area contributed by atoms with Crippen molar-refractivity contribution in [2.75, 3.05) is 11.4 Å². The SMILES string of the molecule is Cc1ccc(S(=O)(=O)N(C)c2ccc(C(=O)N/N=C\c3ccccc3C(F)(F)F)cc2)cc1. The summed E-state index contributed by atoms with van der Waals surface area (Å²) in [4.78, 5) is 12.4. The molecule has 1 N–H and O–H groups in total. The molecule has 172 valence electrons. The topological polar surface area (TPSA) is 78.8 Å². The third-order valence-corrected chi connectivity index (χ3v) is 6.61. The van der Waals surface area contributed by atoms with Gasteiger partial charge < -0.3 is 0 Å². The van der Waals surface area contributed by atoms with E-state index in [9.17, 15) is 26.4 Å². The maximum atomic E-state index is 13.0. The highest BCUT2D eigenvalue weighted by atomic mass is 32.2. The minimum Gasteiger partial charge on any atom is -0.269 e. The van der Waals surface area contributed by atoms with Crippen LogP contribution in [0.15, 0.2) is 82.8 Å². The lowest BCUT2D eigenvalue weighted by molar-refractivity contribution is -0.137. The maximum absolute atomic E-state index is 13.0. The molecular weight excluding hydrogens is 455 g/mol. The van der Waals surface area contributed by atoms with Gasteiger partial charge in [-0.25, -0.2) is 13.8 Å². The Bertz CT molecular complexity index is 1270. The predicted octanol–water partition coefficient (Wildman–Crippen LogP) is 4.60. The quantitative estimate of drug-likeness (QED) is 0.418. The van der Waals surface area contributed by atoms with Gasteiger partial charge in [0.15, 0.2) is 0 Å². The molecule has 10 heteroatoms. The van der Waals surface area contributed by atoms with Crippen molar-refractivity contribution >= 4 is 27.8 Å². The van der Waals surface area contributed by atoms with Gasteiger partial charge in [0.1, 0.15) is 0 Å². The molecule has 0 radical (unpaired) electrons. The number of nitrogens with one attached hydrogen (secondary N) is 1. The van der Waals surface area contributed by atoms with E-state index >= 15 is 0 Å². The highest BCUT2D eigenvalue weighted by molar-refractivity contribution is 7.92. The number of anilines is 1. The number of alkyl halides is 3. The van der Waals surface area contributed by atoms with Gasteiger partial charge in [0.25, 0.3) is 15.9 Å². The number of benzene rings is 3. The van der Waals surface area contributed by atoms with Crippen LogP contribution in [0, 0.1) is 6.92 Å². The van der Waals surface area contributed by atoms with Gasteiger partial charge in [0, 0.05) is 18.2 Å². The summed E-state index contributed by atoms with van der Waals surface area (Å²) >= 11 is 0. The summed E-state index contributed by atoms with van der Waals surface area (Å²) in [6.07, 6.45) is -3.63. The molecule has 0 aliphatic rings. The van der Waals surface area contributed by atoms with Crippen LogP contribution in [0.4, 0.5) is 18.9 Å². The van der Waals surface area contributed by atoms with E-state index in [1.54, 1.807) is 12.1 Å². The first-order valence-electron chi connectivity index (χ1n) is 9.65. The van der Waals surface area contributed by atoms with E-state index in [1.807, 2.05) is 6.92 Å². The van der Waals surface area contributed by atoms with Crippen LogP contribution in [0.25, 0.3) is 0 Å². The van der Waals surface area contributed by atoms with Crippen molar-refractivity contribution in [3.63, 3.8) is 0 Å². The number of aryl methyl sites for hydroxylation is 1. The third kappa shape index (κ3) is 5.58. The molecule has 0 bridgehead atoms. The number of sulfonamides is 1. The van der Waals surface area contributed by atoms with Gasteiger partial charge in [-0.05, 0) is 49.4 Å². The van der Waals surface area contributed by atoms with Crippen molar-refractivity contribution in [1.82, 2.24) is 5.43 Å². The zero-order valence-electron chi connectivity index (χ0n) is 17.7. The Kier molecular flexibility index (Phi) is 6.87. The fourth-order valence-electron chi connectivity index (χ4n) is 2.92. The zero-order chi connectivity index (χ0) is 24.2. The molecule has 0 atom stereocenters. The molecule has 3 rings (SSSR count). The highest BCUT2D eigenvalue weighted by Crippen LogP contribution is 2.31. The van der Waals surface area contributed by atoms with Crippen LogP contribution in [0.5, 0.6) is 0 Å². The number of rotatable bonds is 6. The number of amides is 1. The molecule has 3 aromatic rings. The molecule has 33 heavy (non-hydrogen) atoms. The second-order valence-corrected chi connectivity index (χ2v) is 9.09. The standard InChI is InChI=1S/C23H20F3N3O3S/c1-16-7-13-20(14-8-16)33(31,32)29(2)19-11-9-17(10-12-19)22(30)28-27-15-18-5-3-4-6-21(18)23(24,25)26/h3-15H,1-2H3,(H,28,30)/b27-15-. The summed E-state index contributed by atoms with van der Waals surface area (Å²) < 4.78 is 65.7. The number of hydrazone groups is 1. The van der Waals surface area contributed by atoms with E-state index in [2.05, 4.69) is 10.5 Å². The molecule has 0 fully saturated rings. The van der Waals surface area contributed by atoms with E-state index in [0.29, 0.717) is 5.69 Å². The number of carbonyl (C=O) groups excluding carboxylic acids is 1. The largest absolute Gasteiger partial charge is 0.417 e. The van der Waals surface area contributed by atoms with Crippen LogP contribution < -0.4 is 9.73 Å². The molecule has 0 saturated carbocycles.